The number of carbonyl (C=O) groups is 2. The highest BCUT2D eigenvalue weighted by atomic mass is 32.2. The molecule has 4 rings (SSSR count). The maximum atomic E-state index is 12.7. The molecule has 1 atom stereocenters. The molecule has 2 heterocycles. The fraction of sp³-hybridized carbons (Fsp3) is 0.385. The minimum Gasteiger partial charge on any atom is -0.339 e. The van der Waals surface area contributed by atoms with Crippen LogP contribution in [0.2, 0.25) is 0 Å². The zero-order chi connectivity index (χ0) is 24.1. The molecule has 1 saturated heterocycles. The van der Waals surface area contributed by atoms with E-state index in [1.165, 1.54) is 0 Å². The van der Waals surface area contributed by atoms with Crippen molar-refractivity contribution in [2.24, 2.45) is 0 Å². The van der Waals surface area contributed by atoms with Crippen LogP contribution >= 0.6 is 11.8 Å². The maximum absolute atomic E-state index is 12.7. The summed E-state index contributed by atoms with van der Waals surface area (Å²) in [5, 5.41) is 9.82. The number of hydrogen-bond donors (Lipinski definition) is 0. The van der Waals surface area contributed by atoms with E-state index < -0.39 is 0 Å². The molecule has 2 aromatic carbocycles. The number of nitrogens with zero attached hydrogens (tertiary/aromatic N) is 5. The second-order valence-corrected chi connectivity index (χ2v) is 9.71. The van der Waals surface area contributed by atoms with Crippen LogP contribution in [0.15, 0.2) is 59.8 Å². The van der Waals surface area contributed by atoms with E-state index in [1.807, 2.05) is 59.2 Å². The van der Waals surface area contributed by atoms with E-state index in [0.29, 0.717) is 26.1 Å². The molecule has 0 bridgehead atoms. The summed E-state index contributed by atoms with van der Waals surface area (Å²) < 4.78 is 2.11. The van der Waals surface area contributed by atoms with Crippen LogP contribution in [0.4, 0.5) is 0 Å². The Bertz CT molecular complexity index is 1150. The highest BCUT2D eigenvalue weighted by Crippen LogP contribution is 2.29. The molecule has 7 nitrogen and oxygen atoms in total. The van der Waals surface area contributed by atoms with Gasteiger partial charge in [0.2, 0.25) is 11.8 Å². The number of hydrogen-bond acceptors (Lipinski definition) is 5. The number of aryl methyl sites for hydroxylation is 1. The van der Waals surface area contributed by atoms with Crippen LogP contribution in [0.25, 0.3) is 17.1 Å². The summed E-state index contributed by atoms with van der Waals surface area (Å²) in [6.07, 6.45) is 1.25. The van der Waals surface area contributed by atoms with Gasteiger partial charge < -0.3 is 9.80 Å². The highest BCUT2D eigenvalue weighted by molar-refractivity contribution is 7.99. The van der Waals surface area contributed by atoms with E-state index in [9.17, 15) is 9.59 Å². The lowest BCUT2D eigenvalue weighted by atomic mass is 10.1. The fourth-order valence-electron chi connectivity index (χ4n) is 4.37. The molecule has 0 spiro atoms. The van der Waals surface area contributed by atoms with Crippen LogP contribution < -0.4 is 0 Å². The van der Waals surface area contributed by atoms with Crippen molar-refractivity contribution in [1.82, 2.24) is 24.6 Å². The number of rotatable bonds is 7. The first-order valence-electron chi connectivity index (χ1n) is 11.7. The summed E-state index contributed by atoms with van der Waals surface area (Å²) in [7, 11) is 0. The number of para-hydroxylation sites is 1. The van der Waals surface area contributed by atoms with Crippen LogP contribution in [-0.4, -0.2) is 67.8 Å². The predicted octanol–water partition coefficient (Wildman–Crippen LogP) is 4.19. The van der Waals surface area contributed by atoms with E-state index in [-0.39, 0.29) is 17.9 Å². The van der Waals surface area contributed by atoms with Crippen molar-refractivity contribution in [3.63, 3.8) is 0 Å². The summed E-state index contributed by atoms with van der Waals surface area (Å²) >= 11 is 1.63. The topological polar surface area (TPSA) is 71.3 Å². The van der Waals surface area contributed by atoms with Crippen molar-refractivity contribution in [2.45, 2.75) is 44.8 Å². The van der Waals surface area contributed by atoms with Crippen LogP contribution in [0.1, 0.15) is 32.3 Å². The summed E-state index contributed by atoms with van der Waals surface area (Å²) in [6.45, 7) is 7.50. The average Bonchev–Trinajstić information content (AvgIpc) is 3.26. The number of piperazine rings is 1. The number of carbonyl (C=O) groups excluding carboxylic acids is 2. The predicted molar refractivity (Wildman–Crippen MR) is 135 cm³/mol. The van der Waals surface area contributed by atoms with Crippen LogP contribution in [0.3, 0.4) is 0 Å². The molecular formula is C26H31N5O2S. The van der Waals surface area contributed by atoms with Crippen molar-refractivity contribution in [2.75, 3.05) is 25.4 Å². The first-order chi connectivity index (χ1) is 16.5. The van der Waals surface area contributed by atoms with Gasteiger partial charge in [-0.2, -0.15) is 0 Å². The molecule has 1 aromatic heterocycles. The lowest BCUT2D eigenvalue weighted by Crippen LogP contribution is -2.54. The van der Waals surface area contributed by atoms with E-state index in [1.54, 1.807) is 18.7 Å². The molecule has 1 aliphatic heterocycles. The standard InChI is InChI=1S/C26H31N5O2S/c1-19-10-7-8-13-23(19)31-25(22-11-5-4-6-12-22)27-28-26(31)34-17-9-14-24(33)29-15-16-30(21(3)32)20(2)18-29/h4-8,10-13,20H,9,14-18H2,1-3H3. The van der Waals surface area contributed by atoms with Gasteiger partial charge >= 0.3 is 0 Å². The molecule has 0 aliphatic carbocycles. The van der Waals surface area contributed by atoms with Crippen molar-refractivity contribution in [3.8, 4) is 17.1 Å². The minimum absolute atomic E-state index is 0.0636. The van der Waals surface area contributed by atoms with Crippen molar-refractivity contribution in [3.05, 3.63) is 60.2 Å². The Morgan fingerprint density at radius 1 is 1.03 bits per heavy atom. The minimum atomic E-state index is 0.0636. The summed E-state index contributed by atoms with van der Waals surface area (Å²) in [5.74, 6) is 1.81. The molecule has 178 valence electrons. The van der Waals surface area contributed by atoms with Gasteiger partial charge in [-0.3, -0.25) is 14.2 Å². The third-order valence-electron chi connectivity index (χ3n) is 6.17. The van der Waals surface area contributed by atoms with Gasteiger partial charge in [0.1, 0.15) is 0 Å². The molecule has 1 fully saturated rings. The van der Waals surface area contributed by atoms with Gasteiger partial charge in [-0.1, -0.05) is 60.3 Å². The first-order valence-corrected chi connectivity index (χ1v) is 12.7. The van der Waals surface area contributed by atoms with E-state index in [4.69, 9.17) is 0 Å². The molecule has 0 saturated carbocycles. The van der Waals surface area contributed by atoms with Crippen molar-refractivity contribution < 1.29 is 9.59 Å². The molecule has 1 unspecified atom stereocenters. The second-order valence-electron chi connectivity index (χ2n) is 8.65. The molecular weight excluding hydrogens is 446 g/mol. The molecule has 8 heteroatoms. The Balaban J connectivity index is 1.41. The Labute approximate surface area is 205 Å². The molecule has 34 heavy (non-hydrogen) atoms. The molecule has 0 N–H and O–H groups in total. The number of amides is 2. The van der Waals surface area contributed by atoms with Gasteiger partial charge in [-0.05, 0) is 31.9 Å². The van der Waals surface area contributed by atoms with E-state index >= 15 is 0 Å². The van der Waals surface area contributed by atoms with Crippen LogP contribution in [-0.2, 0) is 9.59 Å². The van der Waals surface area contributed by atoms with Crippen LogP contribution in [0.5, 0.6) is 0 Å². The quantitative estimate of drug-likeness (QED) is 0.377. The van der Waals surface area contributed by atoms with E-state index in [0.717, 1.165) is 40.0 Å². The molecule has 1 aliphatic rings. The monoisotopic (exact) mass is 477 g/mol. The lowest BCUT2D eigenvalue weighted by Gasteiger charge is -2.39. The number of benzene rings is 2. The SMILES string of the molecule is CC(=O)N1CCN(C(=O)CCCSc2nnc(-c3ccccc3)n2-c2ccccc2C)CC1C. The normalized spacial score (nSPS) is 16.0. The largest absolute Gasteiger partial charge is 0.339 e. The first kappa shape index (κ1) is 24.0. The van der Waals surface area contributed by atoms with Gasteiger partial charge in [-0.25, -0.2) is 0 Å². The zero-order valence-corrected chi connectivity index (χ0v) is 20.8. The molecule has 0 radical (unpaired) electrons. The van der Waals surface area contributed by atoms with Crippen molar-refractivity contribution in [1.29, 1.82) is 0 Å². The second kappa shape index (κ2) is 10.9. The molecule has 2 amide bonds. The smallest absolute Gasteiger partial charge is 0.222 e. The van der Waals surface area contributed by atoms with Gasteiger partial charge in [0.05, 0.1) is 5.69 Å². The van der Waals surface area contributed by atoms with Gasteiger partial charge in [0.15, 0.2) is 11.0 Å². The zero-order valence-electron chi connectivity index (χ0n) is 20.0. The Kier molecular flexibility index (Phi) is 7.67. The number of aromatic nitrogens is 3. The van der Waals surface area contributed by atoms with Gasteiger partial charge in [-0.15, -0.1) is 10.2 Å². The van der Waals surface area contributed by atoms with Crippen molar-refractivity contribution >= 4 is 23.6 Å². The van der Waals surface area contributed by atoms with Gasteiger partial charge in [0, 0.05) is 50.3 Å². The highest BCUT2D eigenvalue weighted by Gasteiger charge is 2.27. The summed E-state index contributed by atoms with van der Waals surface area (Å²) in [5.41, 5.74) is 3.22. The van der Waals surface area contributed by atoms with Gasteiger partial charge in [0.25, 0.3) is 0 Å². The Morgan fingerprint density at radius 3 is 2.47 bits per heavy atom. The Morgan fingerprint density at radius 2 is 1.76 bits per heavy atom. The maximum Gasteiger partial charge on any atom is 0.222 e. The average molecular weight is 478 g/mol. The summed E-state index contributed by atoms with van der Waals surface area (Å²) in [6, 6.07) is 18.4. The third-order valence-corrected chi connectivity index (χ3v) is 7.19. The number of thioether (sulfide) groups is 1. The fourth-order valence-corrected chi connectivity index (χ4v) is 5.25. The van der Waals surface area contributed by atoms with Crippen LogP contribution in [0, 0.1) is 6.92 Å². The van der Waals surface area contributed by atoms with E-state index in [2.05, 4.69) is 33.8 Å². The Hall–Kier alpha value is -3.13. The summed E-state index contributed by atoms with van der Waals surface area (Å²) in [4.78, 5) is 28.1. The third kappa shape index (κ3) is 5.33. The lowest BCUT2D eigenvalue weighted by molar-refractivity contribution is -0.141. The molecule has 3 aromatic rings.